The number of hydrogen-bond donors (Lipinski definition) is 1. The van der Waals surface area contributed by atoms with E-state index < -0.39 is 0 Å². The predicted molar refractivity (Wildman–Crippen MR) is 62.1 cm³/mol. The first-order valence-electron chi connectivity index (χ1n) is 4.75. The third kappa shape index (κ3) is 2.28. The first kappa shape index (κ1) is 10.6. The number of nitrogens with zero attached hydrogens (tertiary/aromatic N) is 1. The van der Waals surface area contributed by atoms with E-state index in [1.165, 1.54) is 5.56 Å². The SMILES string of the molecule is CC(N)=C(C)N(C)c1ccc(C)cc1. The summed E-state index contributed by atoms with van der Waals surface area (Å²) >= 11 is 0. The fourth-order valence-corrected chi connectivity index (χ4v) is 1.23. The van der Waals surface area contributed by atoms with E-state index in [0.717, 1.165) is 17.1 Å². The molecule has 1 aromatic rings. The Kier molecular flexibility index (Phi) is 3.18. The van der Waals surface area contributed by atoms with Gasteiger partial charge in [-0.2, -0.15) is 0 Å². The van der Waals surface area contributed by atoms with Crippen LogP contribution in [0.25, 0.3) is 0 Å². The first-order chi connectivity index (χ1) is 6.52. The van der Waals surface area contributed by atoms with E-state index in [-0.39, 0.29) is 0 Å². The van der Waals surface area contributed by atoms with Crippen molar-refractivity contribution in [3.05, 3.63) is 41.2 Å². The molecule has 0 aromatic heterocycles. The highest BCUT2D eigenvalue weighted by atomic mass is 15.1. The van der Waals surface area contributed by atoms with Gasteiger partial charge in [0.2, 0.25) is 0 Å². The molecule has 2 nitrogen and oxygen atoms in total. The Balaban J connectivity index is 2.96. The lowest BCUT2D eigenvalue weighted by Crippen LogP contribution is -2.17. The lowest BCUT2D eigenvalue weighted by atomic mass is 10.2. The Morgan fingerprint density at radius 2 is 1.64 bits per heavy atom. The molecule has 0 aliphatic rings. The van der Waals surface area contributed by atoms with Crippen molar-refractivity contribution in [3.63, 3.8) is 0 Å². The van der Waals surface area contributed by atoms with Gasteiger partial charge in [0.25, 0.3) is 0 Å². The zero-order valence-electron chi connectivity index (χ0n) is 9.33. The summed E-state index contributed by atoms with van der Waals surface area (Å²) in [6.07, 6.45) is 0. The molecule has 0 radical (unpaired) electrons. The number of aryl methyl sites for hydroxylation is 1. The fourth-order valence-electron chi connectivity index (χ4n) is 1.23. The Morgan fingerprint density at radius 1 is 1.14 bits per heavy atom. The number of rotatable bonds is 2. The van der Waals surface area contributed by atoms with Crippen LogP contribution in [0.1, 0.15) is 19.4 Å². The normalized spacial score (nSPS) is 12.3. The Labute approximate surface area is 86.0 Å². The van der Waals surface area contributed by atoms with Crippen LogP contribution >= 0.6 is 0 Å². The van der Waals surface area contributed by atoms with Gasteiger partial charge >= 0.3 is 0 Å². The quantitative estimate of drug-likeness (QED) is 0.776. The summed E-state index contributed by atoms with van der Waals surface area (Å²) in [5, 5.41) is 0. The minimum atomic E-state index is 0.855. The van der Waals surface area contributed by atoms with Crippen LogP contribution in [0.5, 0.6) is 0 Å². The van der Waals surface area contributed by atoms with E-state index >= 15 is 0 Å². The van der Waals surface area contributed by atoms with Crippen molar-refractivity contribution >= 4 is 5.69 Å². The maximum absolute atomic E-state index is 5.74. The van der Waals surface area contributed by atoms with E-state index in [2.05, 4.69) is 36.1 Å². The molecule has 76 valence electrons. The van der Waals surface area contributed by atoms with E-state index in [1.807, 2.05) is 20.9 Å². The summed E-state index contributed by atoms with van der Waals surface area (Å²) in [6.45, 7) is 6.02. The van der Waals surface area contributed by atoms with E-state index in [4.69, 9.17) is 5.73 Å². The van der Waals surface area contributed by atoms with Crippen molar-refractivity contribution in [1.29, 1.82) is 0 Å². The van der Waals surface area contributed by atoms with Gasteiger partial charge in [-0.15, -0.1) is 0 Å². The van der Waals surface area contributed by atoms with Crippen LogP contribution in [0.15, 0.2) is 35.7 Å². The summed E-state index contributed by atoms with van der Waals surface area (Å²) in [5.74, 6) is 0. The van der Waals surface area contributed by atoms with Crippen molar-refractivity contribution in [3.8, 4) is 0 Å². The molecule has 1 rings (SSSR count). The molecule has 0 atom stereocenters. The van der Waals surface area contributed by atoms with E-state index in [9.17, 15) is 0 Å². The standard InChI is InChI=1S/C12H18N2/c1-9-5-7-12(8-6-9)14(4)11(3)10(2)13/h5-8H,13H2,1-4H3. The average Bonchev–Trinajstić information content (AvgIpc) is 2.16. The van der Waals surface area contributed by atoms with Crippen molar-refractivity contribution in [2.24, 2.45) is 5.73 Å². The summed E-state index contributed by atoms with van der Waals surface area (Å²) in [5.41, 5.74) is 10.1. The lowest BCUT2D eigenvalue weighted by molar-refractivity contribution is 1.03. The van der Waals surface area contributed by atoms with Gasteiger partial charge in [-0.3, -0.25) is 0 Å². The highest BCUT2D eigenvalue weighted by Gasteiger charge is 2.03. The molecule has 0 saturated heterocycles. The smallest absolute Gasteiger partial charge is 0.0406 e. The zero-order valence-corrected chi connectivity index (χ0v) is 9.33. The molecular formula is C12H18N2. The van der Waals surface area contributed by atoms with Crippen LogP contribution < -0.4 is 10.6 Å². The zero-order chi connectivity index (χ0) is 10.7. The van der Waals surface area contributed by atoms with Gasteiger partial charge in [0.05, 0.1) is 0 Å². The van der Waals surface area contributed by atoms with Crippen LogP contribution in [0.2, 0.25) is 0 Å². The highest BCUT2D eigenvalue weighted by molar-refractivity contribution is 5.52. The predicted octanol–water partition coefficient (Wildman–Crippen LogP) is 2.64. The molecule has 0 saturated carbocycles. The number of allylic oxidation sites excluding steroid dienone is 2. The van der Waals surface area contributed by atoms with Crippen molar-refractivity contribution < 1.29 is 0 Å². The molecule has 0 heterocycles. The second-order valence-electron chi connectivity index (χ2n) is 3.66. The van der Waals surface area contributed by atoms with Crippen molar-refractivity contribution in [1.82, 2.24) is 0 Å². The van der Waals surface area contributed by atoms with Gasteiger partial charge in [0, 0.05) is 24.1 Å². The molecule has 0 amide bonds. The van der Waals surface area contributed by atoms with Gasteiger partial charge in [-0.1, -0.05) is 17.7 Å². The number of benzene rings is 1. The summed E-state index contributed by atoms with van der Waals surface area (Å²) in [6, 6.07) is 8.40. The molecular weight excluding hydrogens is 172 g/mol. The minimum absolute atomic E-state index is 0.855. The molecule has 14 heavy (non-hydrogen) atoms. The maximum Gasteiger partial charge on any atom is 0.0406 e. The largest absolute Gasteiger partial charge is 0.401 e. The van der Waals surface area contributed by atoms with E-state index in [0.29, 0.717) is 0 Å². The van der Waals surface area contributed by atoms with Crippen LogP contribution in [-0.2, 0) is 0 Å². The van der Waals surface area contributed by atoms with Gasteiger partial charge in [0.15, 0.2) is 0 Å². The fraction of sp³-hybridized carbons (Fsp3) is 0.333. The molecule has 2 heteroatoms. The maximum atomic E-state index is 5.74. The summed E-state index contributed by atoms with van der Waals surface area (Å²) in [7, 11) is 2.02. The lowest BCUT2D eigenvalue weighted by Gasteiger charge is -2.21. The molecule has 0 spiro atoms. The monoisotopic (exact) mass is 190 g/mol. The second-order valence-corrected chi connectivity index (χ2v) is 3.66. The van der Waals surface area contributed by atoms with Crippen LogP contribution in [0.4, 0.5) is 5.69 Å². The summed E-state index contributed by atoms with van der Waals surface area (Å²) < 4.78 is 0. The Bertz CT molecular complexity index is 332. The molecule has 2 N–H and O–H groups in total. The number of nitrogens with two attached hydrogens (primary N) is 1. The topological polar surface area (TPSA) is 29.3 Å². The minimum Gasteiger partial charge on any atom is -0.401 e. The Morgan fingerprint density at radius 3 is 2.07 bits per heavy atom. The second kappa shape index (κ2) is 4.18. The number of hydrogen-bond acceptors (Lipinski definition) is 2. The average molecular weight is 190 g/mol. The number of anilines is 1. The third-order valence-corrected chi connectivity index (χ3v) is 2.50. The highest BCUT2D eigenvalue weighted by Crippen LogP contribution is 2.18. The molecule has 1 aromatic carbocycles. The summed E-state index contributed by atoms with van der Waals surface area (Å²) in [4.78, 5) is 2.09. The van der Waals surface area contributed by atoms with Crippen LogP contribution in [-0.4, -0.2) is 7.05 Å². The Hall–Kier alpha value is -1.44. The van der Waals surface area contributed by atoms with Crippen LogP contribution in [0, 0.1) is 6.92 Å². The van der Waals surface area contributed by atoms with Gasteiger partial charge in [0.1, 0.15) is 0 Å². The van der Waals surface area contributed by atoms with Crippen molar-refractivity contribution in [2.75, 3.05) is 11.9 Å². The van der Waals surface area contributed by atoms with Crippen LogP contribution in [0.3, 0.4) is 0 Å². The van der Waals surface area contributed by atoms with Gasteiger partial charge in [-0.05, 0) is 32.9 Å². The first-order valence-corrected chi connectivity index (χ1v) is 4.75. The third-order valence-electron chi connectivity index (χ3n) is 2.50. The molecule has 0 bridgehead atoms. The van der Waals surface area contributed by atoms with Gasteiger partial charge < -0.3 is 10.6 Å². The molecule has 0 fully saturated rings. The van der Waals surface area contributed by atoms with E-state index in [1.54, 1.807) is 0 Å². The molecule has 0 aliphatic carbocycles. The molecule has 0 unspecified atom stereocenters. The molecule has 0 aliphatic heterocycles. The van der Waals surface area contributed by atoms with Gasteiger partial charge in [-0.25, -0.2) is 0 Å². The van der Waals surface area contributed by atoms with Crippen molar-refractivity contribution in [2.45, 2.75) is 20.8 Å².